The number of ether oxygens (including phenoxy) is 2. The van der Waals surface area contributed by atoms with Crippen molar-refractivity contribution in [3.63, 3.8) is 0 Å². The lowest BCUT2D eigenvalue weighted by Crippen LogP contribution is -2.14. The molecule has 0 fully saturated rings. The molecule has 19 heavy (non-hydrogen) atoms. The molecular formula is C13H19NO4S. The normalized spacial score (nSPS) is 11.9. The summed E-state index contributed by atoms with van der Waals surface area (Å²) in [7, 11) is 1.51. The number of hydrogen-bond donors (Lipinski definition) is 1. The number of methoxy groups -OCH3 is 1. The van der Waals surface area contributed by atoms with Gasteiger partial charge in [0.15, 0.2) is 11.5 Å². The standard InChI is InChI=1S/C13H19NO4S/c1-3-4-10(9-19)8-18-13-7-11(14(15)16)5-6-12(13)17-2/h5-7,10,19H,3-4,8-9H2,1-2H3. The largest absolute Gasteiger partial charge is 0.493 e. The van der Waals surface area contributed by atoms with E-state index >= 15 is 0 Å². The number of hydrogen-bond acceptors (Lipinski definition) is 5. The van der Waals surface area contributed by atoms with Gasteiger partial charge in [0.1, 0.15) is 0 Å². The molecule has 0 amide bonds. The average molecular weight is 285 g/mol. The van der Waals surface area contributed by atoms with Crippen molar-refractivity contribution in [1.82, 2.24) is 0 Å². The molecule has 1 aromatic rings. The van der Waals surface area contributed by atoms with Crippen LogP contribution in [0.1, 0.15) is 19.8 Å². The van der Waals surface area contributed by atoms with E-state index < -0.39 is 4.92 Å². The quantitative estimate of drug-likeness (QED) is 0.452. The van der Waals surface area contributed by atoms with Gasteiger partial charge in [-0.3, -0.25) is 10.1 Å². The molecule has 6 heteroatoms. The second kappa shape index (κ2) is 7.89. The Morgan fingerprint density at radius 3 is 2.68 bits per heavy atom. The number of benzene rings is 1. The highest BCUT2D eigenvalue weighted by atomic mass is 32.1. The third kappa shape index (κ3) is 4.63. The minimum atomic E-state index is -0.450. The highest BCUT2D eigenvalue weighted by molar-refractivity contribution is 7.80. The first-order valence-electron chi connectivity index (χ1n) is 6.18. The van der Waals surface area contributed by atoms with Crippen LogP contribution in [0.15, 0.2) is 18.2 Å². The molecule has 0 aliphatic heterocycles. The molecule has 0 heterocycles. The molecule has 1 rings (SSSR count). The predicted molar refractivity (Wildman–Crippen MR) is 77.4 cm³/mol. The second-order valence-electron chi connectivity index (χ2n) is 4.24. The van der Waals surface area contributed by atoms with Crippen LogP contribution in [0, 0.1) is 16.0 Å². The summed E-state index contributed by atoms with van der Waals surface area (Å²) in [5.74, 6) is 1.96. The molecule has 1 unspecified atom stereocenters. The van der Waals surface area contributed by atoms with Gasteiger partial charge in [-0.25, -0.2) is 0 Å². The number of nitro benzene ring substituents is 1. The summed E-state index contributed by atoms with van der Waals surface area (Å²) in [6.45, 7) is 2.58. The van der Waals surface area contributed by atoms with E-state index in [1.54, 1.807) is 6.07 Å². The van der Waals surface area contributed by atoms with Gasteiger partial charge in [0.2, 0.25) is 0 Å². The molecule has 0 aliphatic rings. The fraction of sp³-hybridized carbons (Fsp3) is 0.538. The zero-order valence-corrected chi connectivity index (χ0v) is 12.1. The number of non-ortho nitro benzene ring substituents is 1. The van der Waals surface area contributed by atoms with E-state index in [1.165, 1.54) is 19.2 Å². The maximum absolute atomic E-state index is 10.7. The van der Waals surface area contributed by atoms with Crippen molar-refractivity contribution in [3.8, 4) is 11.5 Å². The van der Waals surface area contributed by atoms with Crippen molar-refractivity contribution in [1.29, 1.82) is 0 Å². The van der Waals surface area contributed by atoms with Gasteiger partial charge in [-0.1, -0.05) is 13.3 Å². The van der Waals surface area contributed by atoms with Crippen molar-refractivity contribution in [2.24, 2.45) is 5.92 Å². The van der Waals surface area contributed by atoms with E-state index in [0.717, 1.165) is 18.6 Å². The van der Waals surface area contributed by atoms with Crippen LogP contribution in [0.25, 0.3) is 0 Å². The number of rotatable bonds is 8. The lowest BCUT2D eigenvalue weighted by Gasteiger charge is -2.16. The zero-order chi connectivity index (χ0) is 14.3. The Balaban J connectivity index is 2.79. The molecule has 0 saturated carbocycles. The SMILES string of the molecule is CCCC(CS)COc1cc([N+](=O)[O-])ccc1OC. The van der Waals surface area contributed by atoms with E-state index in [-0.39, 0.29) is 5.69 Å². The lowest BCUT2D eigenvalue weighted by molar-refractivity contribution is -0.385. The fourth-order valence-electron chi connectivity index (χ4n) is 1.73. The molecular weight excluding hydrogens is 266 g/mol. The summed E-state index contributed by atoms with van der Waals surface area (Å²) in [6, 6.07) is 4.33. The molecule has 1 aromatic carbocycles. The first-order chi connectivity index (χ1) is 9.12. The molecule has 5 nitrogen and oxygen atoms in total. The van der Waals surface area contributed by atoms with Crippen LogP contribution >= 0.6 is 12.6 Å². The average Bonchev–Trinajstić information content (AvgIpc) is 2.42. The third-order valence-corrected chi connectivity index (χ3v) is 3.30. The molecule has 0 radical (unpaired) electrons. The Kier molecular flexibility index (Phi) is 6.49. The van der Waals surface area contributed by atoms with Gasteiger partial charge >= 0.3 is 0 Å². The summed E-state index contributed by atoms with van der Waals surface area (Å²) < 4.78 is 10.8. The maximum Gasteiger partial charge on any atom is 0.273 e. The van der Waals surface area contributed by atoms with Gasteiger partial charge in [0.25, 0.3) is 5.69 Å². The van der Waals surface area contributed by atoms with Crippen molar-refractivity contribution < 1.29 is 14.4 Å². The third-order valence-electron chi connectivity index (χ3n) is 2.79. The number of thiol groups is 1. The van der Waals surface area contributed by atoms with Crippen LogP contribution in [0.3, 0.4) is 0 Å². The van der Waals surface area contributed by atoms with Crippen molar-refractivity contribution in [2.45, 2.75) is 19.8 Å². The first-order valence-corrected chi connectivity index (χ1v) is 6.81. The number of nitro groups is 1. The maximum atomic E-state index is 10.7. The Bertz CT molecular complexity index is 425. The molecule has 0 aliphatic carbocycles. The smallest absolute Gasteiger partial charge is 0.273 e. The van der Waals surface area contributed by atoms with Crippen LogP contribution in [-0.4, -0.2) is 24.4 Å². The van der Waals surface area contributed by atoms with Crippen LogP contribution in [0.4, 0.5) is 5.69 Å². The highest BCUT2D eigenvalue weighted by Gasteiger charge is 2.14. The second-order valence-corrected chi connectivity index (χ2v) is 4.61. The molecule has 1 atom stereocenters. The van der Waals surface area contributed by atoms with Crippen molar-refractivity contribution in [2.75, 3.05) is 19.5 Å². The Morgan fingerprint density at radius 2 is 2.16 bits per heavy atom. The summed E-state index contributed by atoms with van der Waals surface area (Å²) in [5, 5.41) is 10.7. The van der Waals surface area contributed by atoms with Gasteiger partial charge in [-0.2, -0.15) is 12.6 Å². The van der Waals surface area contributed by atoms with Gasteiger partial charge < -0.3 is 9.47 Å². The Hall–Kier alpha value is -1.43. The van der Waals surface area contributed by atoms with E-state index in [9.17, 15) is 10.1 Å². The Labute approximate surface area is 118 Å². The van der Waals surface area contributed by atoms with E-state index in [0.29, 0.717) is 24.0 Å². The Morgan fingerprint density at radius 1 is 1.42 bits per heavy atom. The summed E-state index contributed by atoms with van der Waals surface area (Å²) in [4.78, 5) is 10.3. The van der Waals surface area contributed by atoms with Crippen LogP contribution in [0.5, 0.6) is 11.5 Å². The van der Waals surface area contributed by atoms with Gasteiger partial charge in [-0.15, -0.1) is 0 Å². The molecule has 0 spiro atoms. The first kappa shape index (κ1) is 15.6. The molecule has 0 N–H and O–H groups in total. The molecule has 0 saturated heterocycles. The lowest BCUT2D eigenvalue weighted by atomic mass is 10.1. The highest BCUT2D eigenvalue weighted by Crippen LogP contribution is 2.31. The fourth-order valence-corrected chi connectivity index (χ4v) is 2.02. The van der Waals surface area contributed by atoms with E-state index in [2.05, 4.69) is 19.6 Å². The summed E-state index contributed by atoms with van der Waals surface area (Å²) >= 11 is 4.28. The van der Waals surface area contributed by atoms with Crippen molar-refractivity contribution >= 4 is 18.3 Å². The molecule has 0 aromatic heterocycles. The molecule has 0 bridgehead atoms. The minimum absolute atomic E-state index is 0.00582. The molecule has 106 valence electrons. The topological polar surface area (TPSA) is 61.6 Å². The van der Waals surface area contributed by atoms with Crippen LogP contribution in [-0.2, 0) is 0 Å². The van der Waals surface area contributed by atoms with Crippen LogP contribution in [0.2, 0.25) is 0 Å². The minimum Gasteiger partial charge on any atom is -0.493 e. The van der Waals surface area contributed by atoms with E-state index in [4.69, 9.17) is 9.47 Å². The predicted octanol–water partition coefficient (Wildman–Crippen LogP) is 3.33. The summed E-state index contributed by atoms with van der Waals surface area (Å²) in [6.07, 6.45) is 2.07. The van der Waals surface area contributed by atoms with Gasteiger partial charge in [-0.05, 0) is 18.2 Å². The number of nitrogens with zero attached hydrogens (tertiary/aromatic N) is 1. The zero-order valence-electron chi connectivity index (χ0n) is 11.2. The van der Waals surface area contributed by atoms with Crippen LogP contribution < -0.4 is 9.47 Å². The van der Waals surface area contributed by atoms with E-state index in [1.807, 2.05) is 0 Å². The van der Waals surface area contributed by atoms with Crippen molar-refractivity contribution in [3.05, 3.63) is 28.3 Å². The summed E-state index contributed by atoms with van der Waals surface area (Å²) in [5.41, 5.74) is -0.00582. The van der Waals surface area contributed by atoms with Gasteiger partial charge in [0, 0.05) is 12.0 Å². The van der Waals surface area contributed by atoms with Gasteiger partial charge in [0.05, 0.1) is 24.7 Å². The monoisotopic (exact) mass is 285 g/mol.